The van der Waals surface area contributed by atoms with Crippen LogP contribution in [-0.2, 0) is 0 Å². The second kappa shape index (κ2) is 5.85. The summed E-state index contributed by atoms with van der Waals surface area (Å²) in [5, 5.41) is 12.3. The molecule has 0 radical (unpaired) electrons. The van der Waals surface area contributed by atoms with E-state index in [1.54, 1.807) is 17.0 Å². The molecule has 2 aliphatic rings. The summed E-state index contributed by atoms with van der Waals surface area (Å²) in [6.07, 6.45) is 4.00. The van der Waals surface area contributed by atoms with Crippen LogP contribution in [0.3, 0.4) is 0 Å². The zero-order valence-electron chi connectivity index (χ0n) is 13.8. The van der Waals surface area contributed by atoms with E-state index in [2.05, 4.69) is 20.3 Å². The first-order valence-corrected chi connectivity index (χ1v) is 8.29. The zero-order chi connectivity index (χ0) is 16.7. The number of nitrogens with zero attached hydrogens (tertiary/aromatic N) is 6. The van der Waals surface area contributed by atoms with E-state index in [9.17, 15) is 4.79 Å². The van der Waals surface area contributed by atoms with Crippen LogP contribution in [0.2, 0.25) is 0 Å². The van der Waals surface area contributed by atoms with E-state index in [1.807, 2.05) is 19.0 Å². The Morgan fingerprint density at radius 2 is 2.08 bits per heavy atom. The average molecular weight is 328 g/mol. The Bertz CT molecular complexity index is 737. The molecule has 0 spiro atoms. The maximum Gasteiger partial charge on any atom is 0.274 e. The van der Waals surface area contributed by atoms with Gasteiger partial charge in [0.1, 0.15) is 0 Å². The van der Waals surface area contributed by atoms with E-state index in [1.165, 1.54) is 0 Å². The van der Waals surface area contributed by atoms with Crippen LogP contribution in [0.25, 0.3) is 0 Å². The highest BCUT2D eigenvalue weighted by molar-refractivity contribution is 5.92. The Morgan fingerprint density at radius 1 is 1.25 bits per heavy atom. The van der Waals surface area contributed by atoms with Gasteiger partial charge in [0, 0.05) is 26.6 Å². The molecule has 2 fully saturated rings. The number of anilines is 1. The molecule has 3 heterocycles. The molecule has 126 valence electrons. The number of amides is 1. The lowest BCUT2D eigenvalue weighted by Crippen LogP contribution is -2.32. The molecular weight excluding hydrogens is 308 g/mol. The number of rotatable bonds is 4. The van der Waals surface area contributed by atoms with Crippen LogP contribution in [0.5, 0.6) is 0 Å². The van der Waals surface area contributed by atoms with Crippen LogP contribution in [-0.4, -0.2) is 51.8 Å². The summed E-state index contributed by atoms with van der Waals surface area (Å²) >= 11 is 0. The second-order valence-corrected chi connectivity index (χ2v) is 6.59. The Hall–Kier alpha value is -2.51. The van der Waals surface area contributed by atoms with E-state index >= 15 is 0 Å². The fraction of sp³-hybridized carbons (Fsp3) is 0.562. The monoisotopic (exact) mass is 328 g/mol. The molecule has 0 aromatic carbocycles. The predicted molar refractivity (Wildman–Crippen MR) is 85.6 cm³/mol. The maximum absolute atomic E-state index is 12.8. The lowest BCUT2D eigenvalue weighted by Gasteiger charge is -2.21. The third kappa shape index (κ3) is 2.72. The topological polar surface area (TPSA) is 88.3 Å². The Kier molecular flexibility index (Phi) is 3.66. The molecule has 0 bridgehead atoms. The first-order chi connectivity index (χ1) is 11.6. The minimum atomic E-state index is -0.135. The fourth-order valence-corrected chi connectivity index (χ4v) is 2.98. The molecule has 1 aliphatic carbocycles. The molecule has 4 rings (SSSR count). The predicted octanol–water partition coefficient (Wildman–Crippen LogP) is 1.78. The molecule has 1 atom stereocenters. The lowest BCUT2D eigenvalue weighted by atomic mass is 10.2. The molecule has 0 unspecified atom stereocenters. The van der Waals surface area contributed by atoms with Gasteiger partial charge in [0.15, 0.2) is 17.3 Å². The molecule has 8 heteroatoms. The van der Waals surface area contributed by atoms with E-state index in [4.69, 9.17) is 4.52 Å². The van der Waals surface area contributed by atoms with Gasteiger partial charge < -0.3 is 14.3 Å². The van der Waals surface area contributed by atoms with Crippen LogP contribution in [0.1, 0.15) is 59.8 Å². The molecule has 1 aliphatic heterocycles. The summed E-state index contributed by atoms with van der Waals surface area (Å²) in [7, 11) is 3.77. The van der Waals surface area contributed by atoms with Crippen molar-refractivity contribution in [2.75, 3.05) is 25.5 Å². The molecule has 2 aromatic rings. The smallest absolute Gasteiger partial charge is 0.274 e. The summed E-state index contributed by atoms with van der Waals surface area (Å²) in [6.45, 7) is 0.675. The molecule has 2 aromatic heterocycles. The van der Waals surface area contributed by atoms with E-state index < -0.39 is 0 Å². The van der Waals surface area contributed by atoms with Crippen LogP contribution in [0.4, 0.5) is 5.82 Å². The number of aromatic nitrogens is 4. The maximum atomic E-state index is 12.8. The van der Waals surface area contributed by atoms with Crippen LogP contribution < -0.4 is 4.90 Å². The molecule has 1 amide bonds. The van der Waals surface area contributed by atoms with Crippen molar-refractivity contribution in [3.63, 3.8) is 0 Å². The minimum absolute atomic E-state index is 0.131. The third-order valence-corrected chi connectivity index (χ3v) is 4.52. The number of likely N-dealkylation sites (tertiary alicyclic amines) is 1. The van der Waals surface area contributed by atoms with Crippen molar-refractivity contribution in [1.29, 1.82) is 0 Å². The largest absolute Gasteiger partial charge is 0.361 e. The zero-order valence-corrected chi connectivity index (χ0v) is 13.8. The quantitative estimate of drug-likeness (QED) is 0.845. The van der Waals surface area contributed by atoms with Gasteiger partial charge in [-0.25, -0.2) is 0 Å². The highest BCUT2D eigenvalue weighted by Gasteiger charge is 2.36. The Balaban J connectivity index is 1.53. The van der Waals surface area contributed by atoms with Gasteiger partial charge in [-0.3, -0.25) is 4.79 Å². The van der Waals surface area contributed by atoms with Gasteiger partial charge in [0.2, 0.25) is 5.89 Å². The Labute approximate surface area is 139 Å². The van der Waals surface area contributed by atoms with Crippen molar-refractivity contribution >= 4 is 11.7 Å². The SMILES string of the molecule is CN(C)c1ccc(C(=O)N2CCC[C@H]2c2noc(C3CC3)n2)nn1. The number of carbonyl (C=O) groups is 1. The third-order valence-electron chi connectivity index (χ3n) is 4.52. The van der Waals surface area contributed by atoms with Crippen molar-refractivity contribution in [2.45, 2.75) is 37.6 Å². The van der Waals surface area contributed by atoms with Crippen molar-refractivity contribution in [1.82, 2.24) is 25.2 Å². The fourth-order valence-electron chi connectivity index (χ4n) is 2.98. The molecule has 8 nitrogen and oxygen atoms in total. The first kappa shape index (κ1) is 15.0. The summed E-state index contributed by atoms with van der Waals surface area (Å²) in [4.78, 5) is 20.9. The molecule has 1 saturated heterocycles. The van der Waals surface area contributed by atoms with Crippen LogP contribution >= 0.6 is 0 Å². The van der Waals surface area contributed by atoms with Crippen LogP contribution in [0.15, 0.2) is 16.7 Å². The van der Waals surface area contributed by atoms with Crippen molar-refractivity contribution in [2.24, 2.45) is 0 Å². The van der Waals surface area contributed by atoms with Crippen molar-refractivity contribution < 1.29 is 9.32 Å². The van der Waals surface area contributed by atoms with Crippen molar-refractivity contribution in [3.05, 3.63) is 29.5 Å². The van der Waals surface area contributed by atoms with Gasteiger partial charge >= 0.3 is 0 Å². The lowest BCUT2D eigenvalue weighted by molar-refractivity contribution is 0.0721. The summed E-state index contributed by atoms with van der Waals surface area (Å²) in [5.41, 5.74) is 0.346. The number of hydrogen-bond donors (Lipinski definition) is 0. The summed E-state index contributed by atoms with van der Waals surface area (Å²) in [6, 6.07) is 3.38. The Morgan fingerprint density at radius 3 is 2.75 bits per heavy atom. The van der Waals surface area contributed by atoms with E-state index in [0.717, 1.165) is 31.5 Å². The molecule has 1 saturated carbocycles. The molecular formula is C16H20N6O2. The van der Waals surface area contributed by atoms with Gasteiger partial charge in [-0.05, 0) is 37.8 Å². The van der Waals surface area contributed by atoms with Gasteiger partial charge in [0.05, 0.1) is 6.04 Å². The number of hydrogen-bond acceptors (Lipinski definition) is 7. The van der Waals surface area contributed by atoms with Gasteiger partial charge in [0.25, 0.3) is 5.91 Å². The summed E-state index contributed by atoms with van der Waals surface area (Å²) in [5.74, 6) is 2.33. The van der Waals surface area contributed by atoms with Gasteiger partial charge in [-0.2, -0.15) is 4.98 Å². The van der Waals surface area contributed by atoms with E-state index in [-0.39, 0.29) is 11.9 Å². The normalized spacial score (nSPS) is 20.4. The highest BCUT2D eigenvalue weighted by Crippen LogP contribution is 2.40. The molecule has 0 N–H and O–H groups in total. The molecule has 24 heavy (non-hydrogen) atoms. The second-order valence-electron chi connectivity index (χ2n) is 6.59. The first-order valence-electron chi connectivity index (χ1n) is 8.29. The summed E-state index contributed by atoms with van der Waals surface area (Å²) < 4.78 is 5.34. The van der Waals surface area contributed by atoms with Gasteiger partial charge in [-0.1, -0.05) is 5.16 Å². The van der Waals surface area contributed by atoms with E-state index in [0.29, 0.717) is 29.9 Å². The number of carbonyl (C=O) groups excluding carboxylic acids is 1. The average Bonchev–Trinajstić information content (AvgIpc) is 3.12. The van der Waals surface area contributed by atoms with Crippen molar-refractivity contribution in [3.8, 4) is 0 Å². The highest BCUT2D eigenvalue weighted by atomic mass is 16.5. The van der Waals surface area contributed by atoms with Crippen LogP contribution in [0, 0.1) is 0 Å². The van der Waals surface area contributed by atoms with Gasteiger partial charge in [-0.15, -0.1) is 10.2 Å². The standard InChI is InChI=1S/C16H20N6O2/c1-21(2)13-8-7-11(18-19-13)16(23)22-9-3-4-12(22)14-17-15(24-20-14)10-5-6-10/h7-8,10,12H,3-6,9H2,1-2H3/t12-/m0/s1. The minimum Gasteiger partial charge on any atom is -0.361 e.